The molecule has 0 saturated carbocycles. The van der Waals surface area contributed by atoms with Crippen LogP contribution < -0.4 is 0 Å². The SMILES string of the molecule is [CH2]C1CCCN(Cc2c[nH]cn2)C1. The Kier molecular flexibility index (Phi) is 2.64. The molecular weight excluding hydrogens is 162 g/mol. The number of likely N-dealkylation sites (tertiary alicyclic amines) is 1. The van der Waals surface area contributed by atoms with Gasteiger partial charge >= 0.3 is 0 Å². The molecule has 1 aliphatic rings. The smallest absolute Gasteiger partial charge is 0.0923 e. The second-order valence-electron chi connectivity index (χ2n) is 3.80. The van der Waals surface area contributed by atoms with Gasteiger partial charge in [0, 0.05) is 19.3 Å². The first-order valence-electron chi connectivity index (χ1n) is 4.87. The van der Waals surface area contributed by atoms with E-state index in [9.17, 15) is 0 Å². The van der Waals surface area contributed by atoms with Crippen LogP contribution in [0.15, 0.2) is 12.5 Å². The lowest BCUT2D eigenvalue weighted by Gasteiger charge is -2.29. The molecule has 1 unspecified atom stereocenters. The number of H-pyrrole nitrogens is 1. The number of imidazole rings is 1. The lowest BCUT2D eigenvalue weighted by atomic mass is 10.0. The van der Waals surface area contributed by atoms with Crippen LogP contribution in [0.2, 0.25) is 0 Å². The Morgan fingerprint density at radius 3 is 3.31 bits per heavy atom. The minimum absolute atomic E-state index is 0.604. The van der Waals surface area contributed by atoms with Gasteiger partial charge in [-0.15, -0.1) is 0 Å². The van der Waals surface area contributed by atoms with Crippen LogP contribution in [0, 0.1) is 12.8 Å². The zero-order valence-corrected chi connectivity index (χ0v) is 7.87. The maximum absolute atomic E-state index is 4.22. The van der Waals surface area contributed by atoms with E-state index in [4.69, 9.17) is 0 Å². The summed E-state index contributed by atoms with van der Waals surface area (Å²) in [6.45, 7) is 7.39. The van der Waals surface area contributed by atoms with Crippen molar-refractivity contribution in [2.75, 3.05) is 13.1 Å². The number of rotatable bonds is 2. The number of nitrogens with one attached hydrogen (secondary N) is 1. The van der Waals surface area contributed by atoms with E-state index in [-0.39, 0.29) is 0 Å². The molecule has 1 radical (unpaired) electrons. The fraction of sp³-hybridized carbons (Fsp3) is 0.600. The summed E-state index contributed by atoms with van der Waals surface area (Å²) in [7, 11) is 0. The zero-order chi connectivity index (χ0) is 9.10. The molecule has 3 nitrogen and oxygen atoms in total. The van der Waals surface area contributed by atoms with Crippen molar-refractivity contribution in [1.82, 2.24) is 14.9 Å². The number of piperidine rings is 1. The molecule has 1 N–H and O–H groups in total. The molecule has 1 aromatic heterocycles. The van der Waals surface area contributed by atoms with Crippen LogP contribution in [0.25, 0.3) is 0 Å². The van der Waals surface area contributed by atoms with Crippen molar-refractivity contribution >= 4 is 0 Å². The van der Waals surface area contributed by atoms with Gasteiger partial charge in [0.05, 0.1) is 12.0 Å². The van der Waals surface area contributed by atoms with Gasteiger partial charge in [0.2, 0.25) is 0 Å². The maximum atomic E-state index is 4.22. The van der Waals surface area contributed by atoms with Crippen molar-refractivity contribution in [3.63, 3.8) is 0 Å². The molecule has 2 heterocycles. The quantitative estimate of drug-likeness (QED) is 0.743. The second-order valence-corrected chi connectivity index (χ2v) is 3.80. The summed E-state index contributed by atoms with van der Waals surface area (Å²) < 4.78 is 0. The minimum Gasteiger partial charge on any atom is -0.351 e. The van der Waals surface area contributed by atoms with E-state index < -0.39 is 0 Å². The minimum atomic E-state index is 0.604. The number of hydrogen-bond donors (Lipinski definition) is 1. The fourth-order valence-electron chi connectivity index (χ4n) is 1.90. The average Bonchev–Trinajstić information content (AvgIpc) is 2.57. The Morgan fingerprint density at radius 1 is 1.69 bits per heavy atom. The molecule has 1 fully saturated rings. The van der Waals surface area contributed by atoms with E-state index in [1.165, 1.54) is 19.4 Å². The first kappa shape index (κ1) is 8.75. The van der Waals surface area contributed by atoms with Crippen molar-refractivity contribution in [3.05, 3.63) is 25.1 Å². The van der Waals surface area contributed by atoms with Gasteiger partial charge in [-0.2, -0.15) is 0 Å². The molecule has 0 aromatic carbocycles. The highest BCUT2D eigenvalue weighted by molar-refractivity contribution is 4.94. The fourth-order valence-corrected chi connectivity index (χ4v) is 1.90. The van der Waals surface area contributed by atoms with E-state index in [1.54, 1.807) is 6.33 Å². The van der Waals surface area contributed by atoms with Crippen molar-refractivity contribution in [2.24, 2.45) is 5.92 Å². The van der Waals surface area contributed by atoms with Gasteiger partial charge in [-0.1, -0.05) is 0 Å². The molecule has 71 valence electrons. The normalized spacial score (nSPS) is 24.8. The molecule has 0 spiro atoms. The number of aromatic amines is 1. The molecule has 2 rings (SSSR count). The molecule has 1 aliphatic heterocycles. The highest BCUT2D eigenvalue weighted by atomic mass is 15.1. The average molecular weight is 178 g/mol. The largest absolute Gasteiger partial charge is 0.351 e. The molecule has 13 heavy (non-hydrogen) atoms. The summed E-state index contributed by atoms with van der Waals surface area (Å²) in [5, 5.41) is 0. The maximum Gasteiger partial charge on any atom is 0.0923 e. The van der Waals surface area contributed by atoms with Crippen LogP contribution in [0.4, 0.5) is 0 Å². The Bertz CT molecular complexity index is 243. The van der Waals surface area contributed by atoms with E-state index in [0.717, 1.165) is 18.8 Å². The van der Waals surface area contributed by atoms with Crippen molar-refractivity contribution in [3.8, 4) is 0 Å². The summed E-state index contributed by atoms with van der Waals surface area (Å²) >= 11 is 0. The Balaban J connectivity index is 1.87. The first-order valence-corrected chi connectivity index (χ1v) is 4.87. The third-order valence-electron chi connectivity index (χ3n) is 2.54. The lowest BCUT2D eigenvalue weighted by Crippen LogP contribution is -2.33. The summed E-state index contributed by atoms with van der Waals surface area (Å²) in [5.41, 5.74) is 1.13. The Labute approximate surface area is 79.2 Å². The van der Waals surface area contributed by atoms with E-state index in [0.29, 0.717) is 5.92 Å². The van der Waals surface area contributed by atoms with Gasteiger partial charge in [-0.25, -0.2) is 4.98 Å². The molecule has 1 atom stereocenters. The molecule has 0 amide bonds. The molecule has 1 aromatic rings. The Morgan fingerprint density at radius 2 is 2.62 bits per heavy atom. The summed E-state index contributed by atoms with van der Waals surface area (Å²) in [4.78, 5) is 9.62. The van der Waals surface area contributed by atoms with Crippen molar-refractivity contribution in [2.45, 2.75) is 19.4 Å². The van der Waals surface area contributed by atoms with E-state index in [2.05, 4.69) is 21.8 Å². The lowest BCUT2D eigenvalue weighted by molar-refractivity contribution is 0.186. The highest BCUT2D eigenvalue weighted by Gasteiger charge is 2.16. The van der Waals surface area contributed by atoms with E-state index in [1.807, 2.05) is 6.20 Å². The molecule has 3 heteroatoms. The van der Waals surface area contributed by atoms with Gasteiger partial charge in [0.1, 0.15) is 0 Å². The molecular formula is C10H16N3. The third-order valence-corrected chi connectivity index (χ3v) is 2.54. The van der Waals surface area contributed by atoms with Crippen LogP contribution in [-0.4, -0.2) is 28.0 Å². The molecule has 1 saturated heterocycles. The predicted octanol–water partition coefficient (Wildman–Crippen LogP) is 1.46. The summed E-state index contributed by atoms with van der Waals surface area (Å²) in [6, 6.07) is 0. The molecule has 0 bridgehead atoms. The topological polar surface area (TPSA) is 31.9 Å². The number of aromatic nitrogens is 2. The summed E-state index contributed by atoms with van der Waals surface area (Å²) in [5.74, 6) is 0.604. The predicted molar refractivity (Wildman–Crippen MR) is 51.9 cm³/mol. The Hall–Kier alpha value is -0.830. The monoisotopic (exact) mass is 178 g/mol. The van der Waals surface area contributed by atoms with Gasteiger partial charge in [-0.05, 0) is 32.2 Å². The van der Waals surface area contributed by atoms with Crippen LogP contribution in [0.3, 0.4) is 0 Å². The first-order chi connectivity index (χ1) is 6.34. The van der Waals surface area contributed by atoms with Crippen molar-refractivity contribution in [1.29, 1.82) is 0 Å². The molecule has 0 aliphatic carbocycles. The number of hydrogen-bond acceptors (Lipinski definition) is 2. The van der Waals surface area contributed by atoms with Gasteiger partial charge in [-0.3, -0.25) is 4.90 Å². The van der Waals surface area contributed by atoms with Crippen LogP contribution >= 0.6 is 0 Å². The van der Waals surface area contributed by atoms with Gasteiger partial charge < -0.3 is 4.98 Å². The third kappa shape index (κ3) is 2.31. The van der Waals surface area contributed by atoms with Crippen molar-refractivity contribution < 1.29 is 0 Å². The standard InChI is InChI=1S/C10H16N3/c1-9-3-2-4-13(6-9)7-10-5-11-8-12-10/h5,8-9H,1-4,6-7H2,(H,11,12). The van der Waals surface area contributed by atoms with Gasteiger partial charge in [0.15, 0.2) is 0 Å². The second kappa shape index (κ2) is 3.92. The number of nitrogens with zero attached hydrogens (tertiary/aromatic N) is 2. The van der Waals surface area contributed by atoms with E-state index >= 15 is 0 Å². The van der Waals surface area contributed by atoms with Crippen LogP contribution in [0.1, 0.15) is 18.5 Å². The summed E-state index contributed by atoms with van der Waals surface area (Å²) in [6.07, 6.45) is 6.25. The highest BCUT2D eigenvalue weighted by Crippen LogP contribution is 2.16. The van der Waals surface area contributed by atoms with Crippen LogP contribution in [0.5, 0.6) is 0 Å². The zero-order valence-electron chi connectivity index (χ0n) is 7.87. The van der Waals surface area contributed by atoms with Crippen LogP contribution in [-0.2, 0) is 6.54 Å². The van der Waals surface area contributed by atoms with Gasteiger partial charge in [0.25, 0.3) is 0 Å².